The average Bonchev–Trinajstić information content (AvgIpc) is 2.71. The highest BCUT2D eigenvalue weighted by Crippen LogP contribution is 2.42. The van der Waals surface area contributed by atoms with Crippen LogP contribution in [0.1, 0.15) is 35.6 Å². The molecule has 0 saturated carbocycles. The van der Waals surface area contributed by atoms with Crippen LogP contribution in [-0.4, -0.2) is 35.6 Å². The number of nitrogens with zero attached hydrogens (tertiary/aromatic N) is 2. The average molecular weight is 342 g/mol. The van der Waals surface area contributed by atoms with Crippen LogP contribution in [-0.2, 0) is 6.42 Å². The number of nitro groups is 1. The minimum absolute atomic E-state index is 0.0938. The number of non-ortho nitro benzene ring substituents is 1. The van der Waals surface area contributed by atoms with Gasteiger partial charge in [-0.05, 0) is 42.3 Å². The fourth-order valence-corrected chi connectivity index (χ4v) is 3.76. The maximum absolute atomic E-state index is 10.9. The molecule has 0 aromatic heterocycles. The highest BCUT2D eigenvalue weighted by atomic mass is 16.6. The molecule has 0 amide bonds. The summed E-state index contributed by atoms with van der Waals surface area (Å²) < 4.78 is 5.27. The highest BCUT2D eigenvalue weighted by molar-refractivity contribution is 5.49. The van der Waals surface area contributed by atoms with E-state index in [1.54, 1.807) is 25.3 Å². The molecule has 1 N–H and O–H groups in total. The molecule has 0 saturated heterocycles. The number of ether oxygens (including phenoxy) is 1. The van der Waals surface area contributed by atoms with Gasteiger partial charge in [0.2, 0.25) is 0 Å². The number of rotatable bonds is 3. The van der Waals surface area contributed by atoms with Gasteiger partial charge in [0.25, 0.3) is 5.69 Å². The lowest BCUT2D eigenvalue weighted by atomic mass is 9.86. The van der Waals surface area contributed by atoms with Crippen molar-refractivity contribution in [3.63, 3.8) is 0 Å². The molecule has 25 heavy (non-hydrogen) atoms. The molecule has 0 unspecified atom stereocenters. The van der Waals surface area contributed by atoms with E-state index < -0.39 is 0 Å². The number of hydrogen-bond donors (Lipinski definition) is 1. The van der Waals surface area contributed by atoms with Crippen LogP contribution in [0.2, 0.25) is 0 Å². The third-order valence-electron chi connectivity index (χ3n) is 5.06. The molecular weight excluding hydrogens is 320 g/mol. The van der Waals surface area contributed by atoms with Crippen LogP contribution < -0.4 is 4.74 Å². The number of fused-ring (bicyclic) bond motifs is 1. The van der Waals surface area contributed by atoms with E-state index in [1.807, 2.05) is 18.2 Å². The van der Waals surface area contributed by atoms with Crippen LogP contribution in [0.15, 0.2) is 36.4 Å². The van der Waals surface area contributed by atoms with Crippen molar-refractivity contribution in [2.24, 2.45) is 0 Å². The predicted octanol–water partition coefficient (Wildman–Crippen LogP) is 3.64. The molecule has 132 valence electrons. The molecule has 2 aromatic rings. The van der Waals surface area contributed by atoms with Crippen molar-refractivity contribution in [2.45, 2.75) is 25.3 Å². The topological polar surface area (TPSA) is 75.8 Å². The van der Waals surface area contributed by atoms with E-state index in [2.05, 4.69) is 18.9 Å². The molecule has 0 radical (unpaired) electrons. The van der Waals surface area contributed by atoms with Crippen molar-refractivity contribution in [2.75, 3.05) is 20.7 Å². The molecule has 6 nitrogen and oxygen atoms in total. The van der Waals surface area contributed by atoms with E-state index in [9.17, 15) is 15.2 Å². The fourth-order valence-electron chi connectivity index (χ4n) is 3.76. The zero-order valence-corrected chi connectivity index (χ0v) is 14.6. The molecule has 6 heteroatoms. The summed E-state index contributed by atoms with van der Waals surface area (Å²) >= 11 is 0. The summed E-state index contributed by atoms with van der Waals surface area (Å²) in [6.07, 6.45) is 0.831. The maximum Gasteiger partial charge on any atom is 0.269 e. The predicted molar refractivity (Wildman–Crippen MR) is 95.2 cm³/mol. The Morgan fingerprint density at radius 2 is 1.96 bits per heavy atom. The molecule has 1 aliphatic heterocycles. The Bertz CT molecular complexity index is 789. The number of methoxy groups -OCH3 is 1. The van der Waals surface area contributed by atoms with Crippen molar-refractivity contribution >= 4 is 5.69 Å². The van der Waals surface area contributed by atoms with Crippen molar-refractivity contribution in [1.82, 2.24) is 4.90 Å². The Hall–Kier alpha value is -2.60. The summed E-state index contributed by atoms with van der Waals surface area (Å²) in [5.74, 6) is 0.779. The standard InChI is InChI=1S/C19H22N2O4/c1-12-16-11-18(25-3)17(22)10-14(16)8-9-20(2)19(12)13-4-6-15(7-5-13)21(23)24/h4-7,10-12,19,22H,8-9H2,1-3H3/t12-,19-/m0/s1. The van der Waals surface area contributed by atoms with E-state index >= 15 is 0 Å². The van der Waals surface area contributed by atoms with Gasteiger partial charge in [0.05, 0.1) is 12.0 Å². The van der Waals surface area contributed by atoms with Crippen LogP contribution in [0.25, 0.3) is 0 Å². The minimum atomic E-state index is -0.382. The molecular formula is C19H22N2O4. The summed E-state index contributed by atoms with van der Waals surface area (Å²) in [6, 6.07) is 10.6. The summed E-state index contributed by atoms with van der Waals surface area (Å²) in [4.78, 5) is 12.8. The van der Waals surface area contributed by atoms with Crippen molar-refractivity contribution in [3.8, 4) is 11.5 Å². The molecule has 0 fully saturated rings. The molecule has 0 spiro atoms. The third-order valence-corrected chi connectivity index (χ3v) is 5.06. The Labute approximate surface area is 146 Å². The lowest BCUT2D eigenvalue weighted by molar-refractivity contribution is -0.384. The largest absolute Gasteiger partial charge is 0.504 e. The number of nitro benzene ring substituents is 1. The van der Waals surface area contributed by atoms with Crippen LogP contribution >= 0.6 is 0 Å². The van der Waals surface area contributed by atoms with E-state index in [4.69, 9.17) is 4.74 Å². The smallest absolute Gasteiger partial charge is 0.269 e. The van der Waals surface area contributed by atoms with Gasteiger partial charge in [0.15, 0.2) is 11.5 Å². The molecule has 2 aromatic carbocycles. The van der Waals surface area contributed by atoms with Crippen molar-refractivity contribution in [3.05, 3.63) is 63.2 Å². The number of hydrogen-bond acceptors (Lipinski definition) is 5. The van der Waals surface area contributed by atoms with E-state index in [0.29, 0.717) is 5.75 Å². The Kier molecular flexibility index (Phi) is 4.63. The highest BCUT2D eigenvalue weighted by Gasteiger charge is 2.30. The fraction of sp³-hybridized carbons (Fsp3) is 0.368. The number of likely N-dealkylation sites (N-methyl/N-ethyl adjacent to an activating group) is 1. The first-order chi connectivity index (χ1) is 11.9. The van der Waals surface area contributed by atoms with Crippen LogP contribution in [0.3, 0.4) is 0 Å². The van der Waals surface area contributed by atoms with Gasteiger partial charge in [-0.2, -0.15) is 0 Å². The SMILES string of the molecule is COc1cc2c(cc1O)CCN(C)[C@H](c1ccc([N+](=O)[O-])cc1)[C@H]2C. The maximum atomic E-state index is 10.9. The molecule has 0 bridgehead atoms. The third kappa shape index (κ3) is 3.17. The normalized spacial score (nSPS) is 20.6. The molecule has 1 heterocycles. The first-order valence-corrected chi connectivity index (χ1v) is 8.26. The van der Waals surface area contributed by atoms with Gasteiger partial charge in [-0.25, -0.2) is 0 Å². The van der Waals surface area contributed by atoms with Crippen LogP contribution in [0.4, 0.5) is 5.69 Å². The number of phenolic OH excluding ortho intramolecular Hbond substituents is 1. The minimum Gasteiger partial charge on any atom is -0.504 e. The number of phenols is 1. The molecule has 2 atom stereocenters. The van der Waals surface area contributed by atoms with E-state index in [0.717, 1.165) is 29.7 Å². The number of aromatic hydroxyl groups is 1. The Balaban J connectivity index is 2.03. The van der Waals surface area contributed by atoms with Gasteiger partial charge in [0.1, 0.15) is 0 Å². The second kappa shape index (κ2) is 6.72. The summed E-state index contributed by atoms with van der Waals surface area (Å²) in [7, 11) is 3.61. The van der Waals surface area contributed by atoms with Crippen LogP contribution in [0.5, 0.6) is 11.5 Å². The van der Waals surface area contributed by atoms with Crippen molar-refractivity contribution in [1.29, 1.82) is 0 Å². The Morgan fingerprint density at radius 1 is 1.28 bits per heavy atom. The summed E-state index contributed by atoms with van der Waals surface area (Å²) in [6.45, 7) is 2.98. The first-order valence-electron chi connectivity index (χ1n) is 8.26. The molecule has 1 aliphatic rings. The van der Waals surface area contributed by atoms with Gasteiger partial charge < -0.3 is 9.84 Å². The van der Waals surface area contributed by atoms with Gasteiger partial charge >= 0.3 is 0 Å². The van der Waals surface area contributed by atoms with Gasteiger partial charge in [-0.3, -0.25) is 15.0 Å². The first kappa shape index (κ1) is 17.2. The summed E-state index contributed by atoms with van der Waals surface area (Å²) in [5, 5.41) is 21.0. The number of benzene rings is 2. The Morgan fingerprint density at radius 3 is 2.56 bits per heavy atom. The zero-order chi connectivity index (χ0) is 18.1. The van der Waals surface area contributed by atoms with Gasteiger partial charge in [0, 0.05) is 30.6 Å². The molecule has 0 aliphatic carbocycles. The second-order valence-electron chi connectivity index (χ2n) is 6.54. The van der Waals surface area contributed by atoms with E-state index in [-0.39, 0.29) is 28.3 Å². The lowest BCUT2D eigenvalue weighted by Gasteiger charge is -2.31. The van der Waals surface area contributed by atoms with Gasteiger partial charge in [-0.15, -0.1) is 0 Å². The quantitative estimate of drug-likeness (QED) is 0.681. The zero-order valence-electron chi connectivity index (χ0n) is 14.6. The second-order valence-corrected chi connectivity index (χ2v) is 6.54. The molecule has 3 rings (SSSR count). The van der Waals surface area contributed by atoms with Gasteiger partial charge in [-0.1, -0.05) is 19.1 Å². The van der Waals surface area contributed by atoms with Crippen molar-refractivity contribution < 1.29 is 14.8 Å². The van der Waals surface area contributed by atoms with E-state index in [1.165, 1.54) is 0 Å². The van der Waals surface area contributed by atoms with Crippen LogP contribution in [0, 0.1) is 10.1 Å². The monoisotopic (exact) mass is 342 g/mol. The summed E-state index contributed by atoms with van der Waals surface area (Å²) in [5.41, 5.74) is 3.39. The lowest BCUT2D eigenvalue weighted by Crippen LogP contribution is -2.28.